The van der Waals surface area contributed by atoms with Crippen molar-refractivity contribution in [1.29, 1.82) is 0 Å². The number of phenols is 1. The van der Waals surface area contributed by atoms with Crippen LogP contribution >= 0.6 is 0 Å². The number of benzene rings is 2. The molecule has 2 aromatic rings. The zero-order valence-corrected chi connectivity index (χ0v) is 16.4. The van der Waals surface area contributed by atoms with Crippen LogP contribution in [0.25, 0.3) is 0 Å². The molecule has 2 aromatic carbocycles. The zero-order chi connectivity index (χ0) is 20.2. The third-order valence-corrected chi connectivity index (χ3v) is 4.47. The van der Waals surface area contributed by atoms with Gasteiger partial charge in [0.05, 0.1) is 12.0 Å². The summed E-state index contributed by atoms with van der Waals surface area (Å²) in [7, 11) is 0. The molecular weight excluding hydrogens is 356 g/mol. The number of hydrogen-bond acceptors (Lipinski definition) is 5. The summed E-state index contributed by atoms with van der Waals surface area (Å²) in [5.74, 6) is -0.803. The van der Waals surface area contributed by atoms with Crippen LogP contribution in [0, 0.1) is 0 Å². The molecule has 0 aliphatic rings. The molecule has 0 aliphatic heterocycles. The fourth-order valence-corrected chi connectivity index (χ4v) is 2.86. The molecule has 0 fully saturated rings. The van der Waals surface area contributed by atoms with Crippen molar-refractivity contribution in [3.05, 3.63) is 59.7 Å². The summed E-state index contributed by atoms with van der Waals surface area (Å²) in [5.41, 5.74) is 0.639. The lowest BCUT2D eigenvalue weighted by Gasteiger charge is -2.08. The summed E-state index contributed by atoms with van der Waals surface area (Å²) in [5, 5.41) is 10.1. The smallest absolute Gasteiger partial charge is 0.355 e. The van der Waals surface area contributed by atoms with E-state index >= 15 is 0 Å². The van der Waals surface area contributed by atoms with Crippen LogP contribution in [-0.2, 0) is 9.68 Å². The molecule has 1 N–H and O–H groups in total. The summed E-state index contributed by atoms with van der Waals surface area (Å²) in [6.45, 7) is 2.18. The highest BCUT2D eigenvalue weighted by Crippen LogP contribution is 2.26. The first-order valence-corrected chi connectivity index (χ1v) is 9.92. The van der Waals surface area contributed by atoms with Gasteiger partial charge in [0.15, 0.2) is 11.5 Å². The lowest BCUT2D eigenvalue weighted by atomic mass is 10.0. The topological polar surface area (TPSA) is 72.8 Å². The van der Waals surface area contributed by atoms with Crippen LogP contribution in [0.2, 0.25) is 0 Å². The van der Waals surface area contributed by atoms with Crippen LogP contribution in [-0.4, -0.2) is 16.9 Å². The minimum absolute atomic E-state index is 0.160. The van der Waals surface area contributed by atoms with Gasteiger partial charge in [-0.05, 0) is 18.6 Å². The van der Waals surface area contributed by atoms with E-state index in [-0.39, 0.29) is 22.8 Å². The fourth-order valence-electron chi connectivity index (χ4n) is 2.86. The minimum Gasteiger partial charge on any atom is -0.507 e. The monoisotopic (exact) mass is 384 g/mol. The van der Waals surface area contributed by atoms with Crippen LogP contribution < -0.4 is 4.89 Å². The van der Waals surface area contributed by atoms with Crippen LogP contribution in [0.3, 0.4) is 0 Å². The summed E-state index contributed by atoms with van der Waals surface area (Å²) in [4.78, 5) is 33.9. The number of carbonyl (C=O) groups is 2. The molecule has 28 heavy (non-hydrogen) atoms. The van der Waals surface area contributed by atoms with Crippen LogP contribution in [0.5, 0.6) is 11.5 Å². The first kappa shape index (κ1) is 21.5. The predicted octanol–water partition coefficient (Wildman–Crippen LogP) is 5.60. The SMILES string of the molecule is CCCCCCCCCC(=O)OOc1ccc(C(=O)c2ccccc2)c(O)c1. The highest BCUT2D eigenvalue weighted by molar-refractivity contribution is 6.10. The number of unbranched alkanes of at least 4 members (excludes halogenated alkanes) is 6. The predicted molar refractivity (Wildman–Crippen MR) is 107 cm³/mol. The standard InChI is InChI=1S/C23H28O5/c1-2-3-4-5-6-7-11-14-22(25)28-27-19-15-16-20(21(24)17-19)23(26)18-12-9-8-10-13-18/h8-10,12-13,15-17,24H,2-7,11,14H2,1H3. The van der Waals surface area contributed by atoms with E-state index in [2.05, 4.69) is 6.92 Å². The molecule has 0 saturated carbocycles. The number of rotatable bonds is 12. The normalized spacial score (nSPS) is 10.5. The maximum absolute atomic E-state index is 12.4. The van der Waals surface area contributed by atoms with E-state index in [0.29, 0.717) is 12.0 Å². The van der Waals surface area contributed by atoms with Crippen molar-refractivity contribution in [3.8, 4) is 11.5 Å². The molecular formula is C23H28O5. The van der Waals surface area contributed by atoms with Crippen molar-refractivity contribution in [2.24, 2.45) is 0 Å². The molecule has 2 rings (SSSR count). The van der Waals surface area contributed by atoms with Crippen molar-refractivity contribution < 1.29 is 24.5 Å². The van der Waals surface area contributed by atoms with Crippen molar-refractivity contribution in [1.82, 2.24) is 0 Å². The van der Waals surface area contributed by atoms with E-state index in [4.69, 9.17) is 9.78 Å². The van der Waals surface area contributed by atoms with Crippen LogP contribution in [0.4, 0.5) is 0 Å². The molecule has 0 amide bonds. The summed E-state index contributed by atoms with van der Waals surface area (Å²) in [6, 6.07) is 12.9. The molecule has 5 heteroatoms. The Morgan fingerprint density at radius 3 is 2.25 bits per heavy atom. The van der Waals surface area contributed by atoms with Gasteiger partial charge in [0.25, 0.3) is 0 Å². The first-order chi connectivity index (χ1) is 13.6. The van der Waals surface area contributed by atoms with E-state index in [0.717, 1.165) is 19.3 Å². The molecule has 150 valence electrons. The Kier molecular flexibility index (Phi) is 9.05. The third-order valence-electron chi connectivity index (χ3n) is 4.47. The maximum Gasteiger partial charge on any atom is 0.355 e. The Bertz CT molecular complexity index is 755. The molecule has 0 radical (unpaired) electrons. The van der Waals surface area contributed by atoms with E-state index in [1.807, 2.05) is 6.07 Å². The van der Waals surface area contributed by atoms with Gasteiger partial charge < -0.3 is 5.11 Å². The highest BCUT2D eigenvalue weighted by Gasteiger charge is 2.15. The molecule has 0 aliphatic carbocycles. The van der Waals surface area contributed by atoms with E-state index in [9.17, 15) is 14.7 Å². The largest absolute Gasteiger partial charge is 0.507 e. The average Bonchev–Trinajstić information content (AvgIpc) is 2.72. The van der Waals surface area contributed by atoms with Crippen LogP contribution in [0.15, 0.2) is 48.5 Å². The van der Waals surface area contributed by atoms with Crippen molar-refractivity contribution in [2.75, 3.05) is 0 Å². The number of aromatic hydroxyl groups is 1. The number of carbonyl (C=O) groups excluding carboxylic acids is 2. The summed E-state index contributed by atoms with van der Waals surface area (Å²) in [6.07, 6.45) is 8.12. The van der Waals surface area contributed by atoms with Gasteiger partial charge in [0, 0.05) is 11.6 Å². The second-order valence-electron chi connectivity index (χ2n) is 6.78. The Morgan fingerprint density at radius 2 is 1.57 bits per heavy atom. The van der Waals surface area contributed by atoms with Gasteiger partial charge in [0.2, 0.25) is 0 Å². The highest BCUT2D eigenvalue weighted by atomic mass is 17.2. The quantitative estimate of drug-likeness (QED) is 0.223. The number of phenolic OH excluding ortho intramolecular Hbond substituents is 1. The van der Waals surface area contributed by atoms with E-state index < -0.39 is 5.97 Å². The summed E-state index contributed by atoms with van der Waals surface area (Å²) < 4.78 is 0. The number of ketones is 1. The van der Waals surface area contributed by atoms with Gasteiger partial charge in [-0.15, -0.1) is 0 Å². The molecule has 0 unspecified atom stereocenters. The molecule has 5 nitrogen and oxygen atoms in total. The Morgan fingerprint density at radius 1 is 0.893 bits per heavy atom. The van der Waals surface area contributed by atoms with Gasteiger partial charge in [-0.2, -0.15) is 0 Å². The lowest BCUT2D eigenvalue weighted by Crippen LogP contribution is -2.08. The molecule has 0 bridgehead atoms. The molecule has 0 saturated heterocycles. The van der Waals surface area contributed by atoms with E-state index in [1.165, 1.54) is 43.9 Å². The number of hydrogen-bond donors (Lipinski definition) is 1. The zero-order valence-electron chi connectivity index (χ0n) is 16.4. The first-order valence-electron chi connectivity index (χ1n) is 9.92. The van der Waals surface area contributed by atoms with Crippen molar-refractivity contribution in [2.45, 2.75) is 58.3 Å². The van der Waals surface area contributed by atoms with Crippen molar-refractivity contribution >= 4 is 11.8 Å². The lowest BCUT2D eigenvalue weighted by molar-refractivity contribution is -0.213. The second-order valence-corrected chi connectivity index (χ2v) is 6.78. The minimum atomic E-state index is -0.447. The average molecular weight is 384 g/mol. The van der Waals surface area contributed by atoms with Crippen molar-refractivity contribution in [3.63, 3.8) is 0 Å². The molecule has 0 heterocycles. The fraction of sp³-hybridized carbons (Fsp3) is 0.391. The van der Waals surface area contributed by atoms with Gasteiger partial charge in [0.1, 0.15) is 5.75 Å². The Balaban J connectivity index is 1.75. The Labute approximate surface area is 166 Å². The van der Waals surface area contributed by atoms with Gasteiger partial charge >= 0.3 is 5.97 Å². The Hall–Kier alpha value is -2.82. The molecule has 0 spiro atoms. The molecule has 0 atom stereocenters. The van der Waals surface area contributed by atoms with Gasteiger partial charge in [-0.25, -0.2) is 4.79 Å². The van der Waals surface area contributed by atoms with Gasteiger partial charge in [-0.1, -0.05) is 75.8 Å². The van der Waals surface area contributed by atoms with Crippen LogP contribution in [0.1, 0.15) is 74.2 Å². The second kappa shape index (κ2) is 11.8. The maximum atomic E-state index is 12.4. The third kappa shape index (κ3) is 7.06. The molecule has 0 aromatic heterocycles. The van der Waals surface area contributed by atoms with Gasteiger partial charge in [-0.3, -0.25) is 14.6 Å². The summed E-state index contributed by atoms with van der Waals surface area (Å²) >= 11 is 0. The van der Waals surface area contributed by atoms with E-state index in [1.54, 1.807) is 24.3 Å².